The summed E-state index contributed by atoms with van der Waals surface area (Å²) in [6, 6.07) is 0. The maximum atomic E-state index is 10.9. The molecule has 0 aromatic carbocycles. The van der Waals surface area contributed by atoms with E-state index in [9.17, 15) is 4.79 Å². The van der Waals surface area contributed by atoms with Crippen LogP contribution in [0, 0.1) is 12.8 Å². The van der Waals surface area contributed by atoms with Gasteiger partial charge in [-0.1, -0.05) is 5.16 Å². The monoisotopic (exact) mass is 196 g/mol. The summed E-state index contributed by atoms with van der Waals surface area (Å²) in [5.41, 5.74) is 1.69. The predicted molar refractivity (Wildman–Crippen MR) is 48.0 cm³/mol. The van der Waals surface area contributed by atoms with Gasteiger partial charge >= 0.3 is 5.97 Å². The van der Waals surface area contributed by atoms with Crippen LogP contribution in [0.15, 0.2) is 10.8 Å². The van der Waals surface area contributed by atoms with E-state index in [0.717, 1.165) is 11.3 Å². The molecule has 2 atom stereocenters. The highest BCUT2D eigenvalue weighted by Crippen LogP contribution is 2.29. The first-order valence-electron chi connectivity index (χ1n) is 4.54. The third-order valence-corrected chi connectivity index (χ3v) is 2.67. The molecule has 0 bridgehead atoms. The topological polar surface area (TPSA) is 75.4 Å². The second kappa shape index (κ2) is 3.42. The van der Waals surface area contributed by atoms with Crippen LogP contribution in [0.4, 0.5) is 0 Å². The summed E-state index contributed by atoms with van der Waals surface area (Å²) in [5.74, 6) is -1.23. The number of carboxylic acid groups (broad SMARTS) is 1. The number of carbonyl (C=O) groups is 1. The lowest BCUT2D eigenvalue weighted by Crippen LogP contribution is -2.21. The average Bonchev–Trinajstić information content (AvgIpc) is 2.70. The van der Waals surface area contributed by atoms with Crippen molar-refractivity contribution in [1.82, 2.24) is 10.5 Å². The van der Waals surface area contributed by atoms with E-state index in [1.807, 2.05) is 6.92 Å². The molecule has 2 heterocycles. The van der Waals surface area contributed by atoms with E-state index in [2.05, 4.69) is 10.5 Å². The zero-order chi connectivity index (χ0) is 10.1. The van der Waals surface area contributed by atoms with Crippen LogP contribution in [0.25, 0.3) is 0 Å². The first-order valence-corrected chi connectivity index (χ1v) is 4.54. The summed E-state index contributed by atoms with van der Waals surface area (Å²) in [4.78, 5) is 10.9. The summed E-state index contributed by atoms with van der Waals surface area (Å²) in [6.07, 6.45) is 1.55. The van der Waals surface area contributed by atoms with E-state index in [-0.39, 0.29) is 5.92 Å². The van der Waals surface area contributed by atoms with E-state index in [4.69, 9.17) is 9.63 Å². The average molecular weight is 196 g/mol. The molecule has 1 aliphatic heterocycles. The van der Waals surface area contributed by atoms with Gasteiger partial charge in [0.25, 0.3) is 0 Å². The number of aryl methyl sites for hydroxylation is 1. The Morgan fingerprint density at radius 2 is 2.50 bits per heavy atom. The molecular formula is C9H12N2O3. The highest BCUT2D eigenvalue weighted by atomic mass is 16.5. The van der Waals surface area contributed by atoms with Crippen LogP contribution in [0.1, 0.15) is 17.2 Å². The van der Waals surface area contributed by atoms with Gasteiger partial charge in [-0.05, 0) is 6.92 Å². The molecule has 2 rings (SSSR count). The van der Waals surface area contributed by atoms with Crippen LogP contribution < -0.4 is 5.32 Å². The maximum absolute atomic E-state index is 10.9. The van der Waals surface area contributed by atoms with E-state index in [1.165, 1.54) is 0 Å². The van der Waals surface area contributed by atoms with Gasteiger partial charge in [0.1, 0.15) is 6.26 Å². The Hall–Kier alpha value is -1.36. The van der Waals surface area contributed by atoms with Crippen LogP contribution in [0.5, 0.6) is 0 Å². The summed E-state index contributed by atoms with van der Waals surface area (Å²) in [6.45, 7) is 3.04. The zero-order valence-corrected chi connectivity index (χ0v) is 7.86. The predicted octanol–water partition coefficient (Wildman–Crippen LogP) is 0.371. The van der Waals surface area contributed by atoms with Gasteiger partial charge < -0.3 is 14.9 Å². The molecule has 0 amide bonds. The maximum Gasteiger partial charge on any atom is 0.308 e. The van der Waals surface area contributed by atoms with Gasteiger partial charge in [-0.15, -0.1) is 0 Å². The van der Waals surface area contributed by atoms with Gasteiger partial charge in [0.05, 0.1) is 11.6 Å². The Morgan fingerprint density at radius 3 is 3.07 bits per heavy atom. The first kappa shape index (κ1) is 9.21. The van der Waals surface area contributed by atoms with Crippen molar-refractivity contribution in [1.29, 1.82) is 0 Å². The number of aromatic nitrogens is 1. The minimum Gasteiger partial charge on any atom is -0.481 e. The standard InChI is InChI=1S/C9H12N2O3/c1-5-4-14-11-8(5)6-2-10-3-7(6)9(12)13/h4,6-7,10H,2-3H2,1H3,(H,12,13). The van der Waals surface area contributed by atoms with Crippen molar-refractivity contribution >= 4 is 5.97 Å². The molecule has 5 heteroatoms. The molecule has 0 aliphatic carbocycles. The molecule has 0 radical (unpaired) electrons. The molecule has 1 aromatic heterocycles. The fourth-order valence-electron chi connectivity index (χ4n) is 1.88. The minimum absolute atomic E-state index is 0.0637. The van der Waals surface area contributed by atoms with Crippen molar-refractivity contribution in [2.75, 3.05) is 13.1 Å². The molecule has 5 nitrogen and oxygen atoms in total. The highest BCUT2D eigenvalue weighted by molar-refractivity contribution is 5.72. The van der Waals surface area contributed by atoms with Crippen molar-refractivity contribution in [3.63, 3.8) is 0 Å². The number of hydrogen-bond acceptors (Lipinski definition) is 4. The fraction of sp³-hybridized carbons (Fsp3) is 0.556. The number of carboxylic acids is 1. The third kappa shape index (κ3) is 1.39. The van der Waals surface area contributed by atoms with E-state index in [0.29, 0.717) is 13.1 Å². The lowest BCUT2D eigenvalue weighted by molar-refractivity contribution is -0.141. The summed E-state index contributed by atoms with van der Waals surface area (Å²) < 4.78 is 4.82. The van der Waals surface area contributed by atoms with Crippen molar-refractivity contribution < 1.29 is 14.4 Å². The molecule has 2 unspecified atom stereocenters. The number of rotatable bonds is 2. The number of nitrogens with zero attached hydrogens (tertiary/aromatic N) is 1. The quantitative estimate of drug-likeness (QED) is 0.714. The normalized spacial score (nSPS) is 26.6. The van der Waals surface area contributed by atoms with Crippen molar-refractivity contribution in [3.8, 4) is 0 Å². The zero-order valence-electron chi connectivity index (χ0n) is 7.86. The highest BCUT2D eigenvalue weighted by Gasteiger charge is 2.36. The smallest absolute Gasteiger partial charge is 0.308 e. The molecule has 76 valence electrons. The third-order valence-electron chi connectivity index (χ3n) is 2.67. The SMILES string of the molecule is Cc1conc1C1CNCC1C(=O)O. The Morgan fingerprint density at radius 1 is 1.71 bits per heavy atom. The Balaban J connectivity index is 2.26. The first-order chi connectivity index (χ1) is 6.70. The number of nitrogens with one attached hydrogen (secondary N) is 1. The van der Waals surface area contributed by atoms with E-state index in [1.54, 1.807) is 6.26 Å². The molecular weight excluding hydrogens is 184 g/mol. The minimum atomic E-state index is -0.776. The van der Waals surface area contributed by atoms with Crippen molar-refractivity contribution in [3.05, 3.63) is 17.5 Å². The van der Waals surface area contributed by atoms with Gasteiger partial charge in [0.2, 0.25) is 0 Å². The molecule has 0 spiro atoms. The van der Waals surface area contributed by atoms with Crippen LogP contribution in [0.3, 0.4) is 0 Å². The number of aliphatic carboxylic acids is 1. The number of hydrogen-bond donors (Lipinski definition) is 2. The van der Waals surface area contributed by atoms with Gasteiger partial charge in [0.15, 0.2) is 0 Å². The van der Waals surface area contributed by atoms with Crippen molar-refractivity contribution in [2.24, 2.45) is 5.92 Å². The molecule has 2 N–H and O–H groups in total. The van der Waals surface area contributed by atoms with Gasteiger partial charge in [-0.3, -0.25) is 4.79 Å². The summed E-state index contributed by atoms with van der Waals surface area (Å²) in [5, 5.41) is 15.9. The molecule has 1 saturated heterocycles. The lowest BCUT2D eigenvalue weighted by atomic mass is 9.91. The van der Waals surface area contributed by atoms with Crippen LogP contribution in [-0.4, -0.2) is 29.3 Å². The fourth-order valence-corrected chi connectivity index (χ4v) is 1.88. The van der Waals surface area contributed by atoms with Crippen molar-refractivity contribution in [2.45, 2.75) is 12.8 Å². The van der Waals surface area contributed by atoms with Gasteiger partial charge in [0, 0.05) is 24.6 Å². The molecule has 1 fully saturated rings. The molecule has 14 heavy (non-hydrogen) atoms. The van der Waals surface area contributed by atoms with E-state index >= 15 is 0 Å². The Labute approximate surface area is 81.1 Å². The molecule has 1 aliphatic rings. The second-order valence-corrected chi connectivity index (χ2v) is 3.59. The van der Waals surface area contributed by atoms with Crippen LogP contribution in [0.2, 0.25) is 0 Å². The lowest BCUT2D eigenvalue weighted by Gasteiger charge is -2.11. The van der Waals surface area contributed by atoms with Gasteiger partial charge in [-0.2, -0.15) is 0 Å². The van der Waals surface area contributed by atoms with Gasteiger partial charge in [-0.25, -0.2) is 0 Å². The van der Waals surface area contributed by atoms with Crippen LogP contribution >= 0.6 is 0 Å². The molecule has 1 aromatic rings. The Bertz CT molecular complexity index is 348. The summed E-state index contributed by atoms with van der Waals surface area (Å²) in [7, 11) is 0. The largest absolute Gasteiger partial charge is 0.481 e. The second-order valence-electron chi connectivity index (χ2n) is 3.59. The van der Waals surface area contributed by atoms with Crippen LogP contribution in [-0.2, 0) is 4.79 Å². The van der Waals surface area contributed by atoms with E-state index < -0.39 is 11.9 Å². The Kier molecular flexibility index (Phi) is 2.25. The summed E-state index contributed by atoms with van der Waals surface area (Å²) >= 11 is 0. The molecule has 0 saturated carbocycles.